The Balaban J connectivity index is 3.21. The molecule has 0 amide bonds. The van der Waals surface area contributed by atoms with E-state index in [2.05, 4.69) is 31.9 Å². The van der Waals surface area contributed by atoms with E-state index in [4.69, 9.17) is 5.73 Å². The third-order valence-electron chi connectivity index (χ3n) is 3.10. The van der Waals surface area contributed by atoms with Crippen LogP contribution < -0.4 is 5.73 Å². The molecule has 0 aromatic heterocycles. The smallest absolute Gasteiger partial charge is 0.243 e. The topological polar surface area (TPSA) is 63.4 Å². The Labute approximate surface area is 138 Å². The van der Waals surface area contributed by atoms with Crippen LogP contribution in [0.5, 0.6) is 0 Å². The maximum Gasteiger partial charge on any atom is 0.243 e. The van der Waals surface area contributed by atoms with Crippen molar-refractivity contribution in [2.45, 2.75) is 25.7 Å². The molecule has 20 heavy (non-hydrogen) atoms. The van der Waals surface area contributed by atoms with Gasteiger partial charge in [-0.15, -0.1) is 0 Å². The van der Waals surface area contributed by atoms with Crippen molar-refractivity contribution in [3.8, 4) is 0 Å². The van der Waals surface area contributed by atoms with E-state index in [1.165, 1.54) is 4.31 Å². The molecule has 0 saturated heterocycles. The van der Waals surface area contributed by atoms with Gasteiger partial charge in [-0.25, -0.2) is 12.7 Å². The summed E-state index contributed by atoms with van der Waals surface area (Å²) in [6.07, 6.45) is 0. The fourth-order valence-electron chi connectivity index (χ4n) is 1.75. The van der Waals surface area contributed by atoms with Crippen LogP contribution >= 0.6 is 31.9 Å². The van der Waals surface area contributed by atoms with Crippen LogP contribution in [-0.4, -0.2) is 32.9 Å². The lowest BCUT2D eigenvalue weighted by molar-refractivity contribution is 0.292. The van der Waals surface area contributed by atoms with Crippen LogP contribution in [0.2, 0.25) is 0 Å². The summed E-state index contributed by atoms with van der Waals surface area (Å²) in [6, 6.07) is 3.42. The average molecular weight is 428 g/mol. The van der Waals surface area contributed by atoms with Gasteiger partial charge in [0, 0.05) is 22.5 Å². The fraction of sp³-hybridized carbons (Fsp3) is 0.538. The van der Waals surface area contributed by atoms with E-state index in [-0.39, 0.29) is 10.3 Å². The second-order valence-corrected chi connectivity index (χ2v) is 9.38. The number of sulfonamides is 1. The van der Waals surface area contributed by atoms with Gasteiger partial charge in [-0.2, -0.15) is 0 Å². The van der Waals surface area contributed by atoms with Gasteiger partial charge in [0.2, 0.25) is 10.0 Å². The molecule has 0 saturated carbocycles. The molecule has 1 aromatic carbocycles. The zero-order valence-corrected chi connectivity index (χ0v) is 16.1. The summed E-state index contributed by atoms with van der Waals surface area (Å²) in [7, 11) is -1.97. The lowest BCUT2D eigenvalue weighted by atomic mass is 9.94. The first-order valence-corrected chi connectivity index (χ1v) is 9.16. The third kappa shape index (κ3) is 4.04. The van der Waals surface area contributed by atoms with Gasteiger partial charge in [0.1, 0.15) is 0 Å². The molecule has 0 aliphatic heterocycles. The summed E-state index contributed by atoms with van der Waals surface area (Å²) >= 11 is 6.70. The first kappa shape index (κ1) is 18.1. The maximum absolute atomic E-state index is 12.6. The molecule has 0 atom stereocenters. The highest BCUT2D eigenvalue weighted by molar-refractivity contribution is 9.11. The van der Waals surface area contributed by atoms with Gasteiger partial charge in [0.15, 0.2) is 0 Å². The minimum Gasteiger partial charge on any atom is -0.330 e. The zero-order valence-electron chi connectivity index (χ0n) is 12.1. The molecule has 7 heteroatoms. The van der Waals surface area contributed by atoms with Crippen LogP contribution in [0.15, 0.2) is 26.0 Å². The second-order valence-electron chi connectivity index (χ2n) is 5.66. The van der Waals surface area contributed by atoms with Crippen molar-refractivity contribution in [1.82, 2.24) is 4.31 Å². The number of hydrogen-bond acceptors (Lipinski definition) is 3. The third-order valence-corrected chi connectivity index (χ3v) is 6.72. The van der Waals surface area contributed by atoms with Crippen LogP contribution in [0, 0.1) is 12.3 Å². The highest BCUT2D eigenvalue weighted by Gasteiger charge is 2.29. The standard InChI is InChI=1S/C13H20Br2N2O2S/c1-9-5-11(15)12(6-10(9)14)20(18,19)17(4)8-13(2,3)7-16/h5-6H,7-8,16H2,1-4H3. The van der Waals surface area contributed by atoms with Gasteiger partial charge in [-0.05, 0) is 52.5 Å². The first-order valence-electron chi connectivity index (χ1n) is 6.13. The number of nitrogens with zero attached hydrogens (tertiary/aromatic N) is 1. The SMILES string of the molecule is Cc1cc(Br)c(S(=O)(=O)N(C)CC(C)(C)CN)cc1Br. The molecule has 0 radical (unpaired) electrons. The Morgan fingerprint density at radius 1 is 1.25 bits per heavy atom. The van der Waals surface area contributed by atoms with Gasteiger partial charge in [0.25, 0.3) is 0 Å². The first-order chi connectivity index (χ1) is 9.01. The maximum atomic E-state index is 12.6. The van der Waals surface area contributed by atoms with Crippen molar-refractivity contribution in [3.63, 3.8) is 0 Å². The predicted octanol–water partition coefficient (Wildman–Crippen LogP) is 3.13. The van der Waals surface area contributed by atoms with Crippen LogP contribution in [0.4, 0.5) is 0 Å². The van der Waals surface area contributed by atoms with Crippen molar-refractivity contribution in [2.24, 2.45) is 11.1 Å². The molecule has 0 aliphatic carbocycles. The van der Waals surface area contributed by atoms with Gasteiger partial charge >= 0.3 is 0 Å². The van der Waals surface area contributed by atoms with Crippen LogP contribution in [0.1, 0.15) is 19.4 Å². The zero-order chi connectivity index (χ0) is 15.7. The minimum atomic E-state index is -3.55. The quantitative estimate of drug-likeness (QED) is 0.784. The normalized spacial score (nSPS) is 13.0. The number of halogens is 2. The lowest BCUT2D eigenvalue weighted by Crippen LogP contribution is -2.39. The Morgan fingerprint density at radius 3 is 2.30 bits per heavy atom. The fourth-order valence-corrected chi connectivity index (χ4v) is 4.74. The van der Waals surface area contributed by atoms with Gasteiger partial charge < -0.3 is 5.73 Å². The van der Waals surface area contributed by atoms with Gasteiger partial charge in [0.05, 0.1) is 4.90 Å². The second kappa shape index (κ2) is 6.44. The van der Waals surface area contributed by atoms with Gasteiger partial charge in [-0.1, -0.05) is 29.8 Å². The van der Waals surface area contributed by atoms with E-state index in [0.29, 0.717) is 17.6 Å². The molecule has 0 aliphatic rings. The monoisotopic (exact) mass is 426 g/mol. The predicted molar refractivity (Wildman–Crippen MR) is 89.2 cm³/mol. The summed E-state index contributed by atoms with van der Waals surface area (Å²) in [5.41, 5.74) is 6.38. The molecule has 2 N–H and O–H groups in total. The van der Waals surface area contributed by atoms with E-state index in [9.17, 15) is 8.42 Å². The minimum absolute atomic E-state index is 0.255. The van der Waals surface area contributed by atoms with Crippen LogP contribution in [0.3, 0.4) is 0 Å². The Bertz CT molecular complexity index is 601. The molecule has 4 nitrogen and oxygen atoms in total. The molecule has 0 unspecified atom stereocenters. The van der Waals surface area contributed by atoms with Crippen molar-refractivity contribution in [1.29, 1.82) is 0 Å². The van der Waals surface area contributed by atoms with E-state index in [0.717, 1.165) is 10.0 Å². The largest absolute Gasteiger partial charge is 0.330 e. The summed E-state index contributed by atoms with van der Waals surface area (Å²) in [4.78, 5) is 0.255. The average Bonchev–Trinajstić information content (AvgIpc) is 2.33. The molecular formula is C13H20Br2N2O2S. The number of hydrogen-bond donors (Lipinski definition) is 1. The molecule has 0 bridgehead atoms. The molecule has 114 valence electrons. The molecule has 1 rings (SSSR count). The summed E-state index contributed by atoms with van der Waals surface area (Å²) in [5, 5.41) is 0. The number of benzene rings is 1. The van der Waals surface area contributed by atoms with E-state index >= 15 is 0 Å². The number of nitrogens with two attached hydrogens (primary N) is 1. The molecule has 0 spiro atoms. The Hall–Kier alpha value is 0.0500. The molecule has 1 aromatic rings. The van der Waals surface area contributed by atoms with Crippen molar-refractivity contribution in [2.75, 3.05) is 20.1 Å². The summed E-state index contributed by atoms with van der Waals surface area (Å²) in [6.45, 7) is 6.58. The van der Waals surface area contributed by atoms with Crippen molar-refractivity contribution < 1.29 is 8.42 Å². The number of aryl methyl sites for hydroxylation is 1. The summed E-state index contributed by atoms with van der Waals surface area (Å²) < 4.78 is 28.0. The van der Waals surface area contributed by atoms with E-state index in [1.54, 1.807) is 19.2 Å². The van der Waals surface area contributed by atoms with Crippen molar-refractivity contribution >= 4 is 41.9 Å². The number of rotatable bonds is 5. The highest BCUT2D eigenvalue weighted by atomic mass is 79.9. The van der Waals surface area contributed by atoms with E-state index < -0.39 is 10.0 Å². The molecule has 0 heterocycles. The van der Waals surface area contributed by atoms with E-state index in [1.807, 2.05) is 20.8 Å². The van der Waals surface area contributed by atoms with Crippen LogP contribution in [-0.2, 0) is 10.0 Å². The molecular weight excluding hydrogens is 408 g/mol. The van der Waals surface area contributed by atoms with Crippen LogP contribution in [0.25, 0.3) is 0 Å². The lowest BCUT2D eigenvalue weighted by Gasteiger charge is -2.28. The summed E-state index contributed by atoms with van der Waals surface area (Å²) in [5.74, 6) is 0. The Kier molecular flexibility index (Phi) is 5.83. The molecule has 0 fully saturated rings. The van der Waals surface area contributed by atoms with Gasteiger partial charge in [-0.3, -0.25) is 0 Å². The highest BCUT2D eigenvalue weighted by Crippen LogP contribution is 2.31. The van der Waals surface area contributed by atoms with Crippen molar-refractivity contribution in [3.05, 3.63) is 26.6 Å². The Morgan fingerprint density at radius 2 is 1.80 bits per heavy atom.